The summed E-state index contributed by atoms with van der Waals surface area (Å²) in [4.78, 5) is 6.55. The minimum atomic E-state index is 0.378. The van der Waals surface area contributed by atoms with Gasteiger partial charge in [-0.3, -0.25) is 0 Å². The van der Waals surface area contributed by atoms with Gasteiger partial charge in [-0.25, -0.2) is 4.68 Å². The van der Waals surface area contributed by atoms with Crippen molar-refractivity contribution in [1.82, 2.24) is 25.1 Å². The highest BCUT2D eigenvalue weighted by Crippen LogP contribution is 2.16. The van der Waals surface area contributed by atoms with E-state index in [1.807, 2.05) is 0 Å². The van der Waals surface area contributed by atoms with Gasteiger partial charge in [-0.2, -0.15) is 4.98 Å². The van der Waals surface area contributed by atoms with Crippen molar-refractivity contribution in [1.29, 1.82) is 0 Å². The van der Waals surface area contributed by atoms with Gasteiger partial charge < -0.3 is 15.2 Å². The second-order valence-electron chi connectivity index (χ2n) is 4.65. The quantitative estimate of drug-likeness (QED) is 0.838. The van der Waals surface area contributed by atoms with Crippen LogP contribution >= 0.6 is 0 Å². The molecule has 0 saturated carbocycles. The molecular weight excluding hydrogens is 246 g/mol. The van der Waals surface area contributed by atoms with Gasteiger partial charge in [-0.15, -0.1) is 5.10 Å². The van der Waals surface area contributed by atoms with Crippen LogP contribution in [0.4, 0.5) is 5.95 Å². The Balaban J connectivity index is 1.67. The van der Waals surface area contributed by atoms with Crippen LogP contribution in [0.1, 0.15) is 30.8 Å². The number of aromatic nitrogens is 5. The normalized spacial score (nSPS) is 15.9. The summed E-state index contributed by atoms with van der Waals surface area (Å²) in [6, 6.07) is 0. The predicted molar refractivity (Wildman–Crippen MR) is 67.4 cm³/mol. The van der Waals surface area contributed by atoms with E-state index in [4.69, 9.17) is 10.3 Å². The Morgan fingerprint density at radius 1 is 1.26 bits per heavy atom. The SMILES string of the molecule is NCc1cn(Cc2nc(N3CCCCC3)no2)nn1. The highest BCUT2D eigenvalue weighted by atomic mass is 16.5. The van der Waals surface area contributed by atoms with Gasteiger partial charge in [0, 0.05) is 19.6 Å². The number of nitrogens with two attached hydrogens (primary N) is 1. The van der Waals surface area contributed by atoms with E-state index in [0.29, 0.717) is 24.9 Å². The Labute approximate surface area is 110 Å². The highest BCUT2D eigenvalue weighted by molar-refractivity contribution is 5.27. The molecule has 102 valence electrons. The summed E-state index contributed by atoms with van der Waals surface area (Å²) in [5, 5.41) is 11.9. The van der Waals surface area contributed by atoms with Gasteiger partial charge in [0.15, 0.2) is 0 Å². The number of hydrogen-bond acceptors (Lipinski definition) is 7. The van der Waals surface area contributed by atoms with Crippen LogP contribution in [0, 0.1) is 0 Å². The molecule has 0 aliphatic carbocycles. The van der Waals surface area contributed by atoms with E-state index < -0.39 is 0 Å². The fourth-order valence-electron chi connectivity index (χ4n) is 2.18. The summed E-state index contributed by atoms with van der Waals surface area (Å²) in [6.07, 6.45) is 5.44. The van der Waals surface area contributed by atoms with Crippen molar-refractivity contribution in [3.8, 4) is 0 Å². The van der Waals surface area contributed by atoms with Crippen LogP contribution in [0.25, 0.3) is 0 Å². The van der Waals surface area contributed by atoms with Crippen LogP contribution in [0.2, 0.25) is 0 Å². The number of hydrogen-bond donors (Lipinski definition) is 1. The van der Waals surface area contributed by atoms with Gasteiger partial charge in [-0.1, -0.05) is 5.21 Å². The third kappa shape index (κ3) is 2.73. The average Bonchev–Trinajstić information content (AvgIpc) is 3.09. The maximum absolute atomic E-state index is 5.48. The fourth-order valence-corrected chi connectivity index (χ4v) is 2.18. The molecule has 1 saturated heterocycles. The number of piperidine rings is 1. The van der Waals surface area contributed by atoms with Gasteiger partial charge in [0.1, 0.15) is 6.54 Å². The zero-order valence-corrected chi connectivity index (χ0v) is 10.7. The minimum Gasteiger partial charge on any atom is -0.338 e. The first kappa shape index (κ1) is 12.1. The van der Waals surface area contributed by atoms with Crippen LogP contribution in [0.3, 0.4) is 0 Å². The van der Waals surface area contributed by atoms with Crippen molar-refractivity contribution in [3.05, 3.63) is 17.8 Å². The van der Waals surface area contributed by atoms with Crippen LogP contribution in [-0.2, 0) is 13.1 Å². The Morgan fingerprint density at radius 2 is 2.11 bits per heavy atom. The molecule has 1 aliphatic heterocycles. The fraction of sp³-hybridized carbons (Fsp3) is 0.636. The molecule has 0 bridgehead atoms. The zero-order chi connectivity index (χ0) is 13.1. The first-order chi connectivity index (χ1) is 9.35. The Morgan fingerprint density at radius 3 is 2.84 bits per heavy atom. The van der Waals surface area contributed by atoms with Gasteiger partial charge >= 0.3 is 0 Å². The lowest BCUT2D eigenvalue weighted by atomic mass is 10.1. The maximum atomic E-state index is 5.48. The van der Waals surface area contributed by atoms with Crippen LogP contribution < -0.4 is 10.6 Å². The standard InChI is InChI=1S/C11H17N7O/c12-6-9-7-18(16-14-9)8-10-13-11(15-19-10)17-4-2-1-3-5-17/h7H,1-6,8,12H2. The molecule has 19 heavy (non-hydrogen) atoms. The highest BCUT2D eigenvalue weighted by Gasteiger charge is 2.17. The van der Waals surface area contributed by atoms with E-state index in [-0.39, 0.29) is 0 Å². The lowest BCUT2D eigenvalue weighted by Crippen LogP contribution is -2.30. The largest absolute Gasteiger partial charge is 0.338 e. The smallest absolute Gasteiger partial charge is 0.266 e. The molecule has 1 fully saturated rings. The van der Waals surface area contributed by atoms with Gasteiger partial charge in [-0.05, 0) is 24.4 Å². The summed E-state index contributed by atoms with van der Waals surface area (Å²) < 4.78 is 6.89. The third-order valence-electron chi connectivity index (χ3n) is 3.19. The molecule has 0 unspecified atom stereocenters. The number of rotatable bonds is 4. The average molecular weight is 263 g/mol. The minimum absolute atomic E-state index is 0.378. The van der Waals surface area contributed by atoms with E-state index in [0.717, 1.165) is 18.8 Å². The first-order valence-electron chi connectivity index (χ1n) is 6.52. The lowest BCUT2D eigenvalue weighted by Gasteiger charge is -2.24. The second kappa shape index (κ2) is 5.35. The first-order valence-corrected chi connectivity index (χ1v) is 6.52. The molecule has 3 rings (SSSR count). The molecule has 0 atom stereocenters. The van der Waals surface area contributed by atoms with Gasteiger partial charge in [0.05, 0.1) is 11.9 Å². The molecule has 2 N–H and O–H groups in total. The van der Waals surface area contributed by atoms with Gasteiger partial charge in [0.2, 0.25) is 5.89 Å². The molecule has 0 radical (unpaired) electrons. The third-order valence-corrected chi connectivity index (χ3v) is 3.19. The summed E-state index contributed by atoms with van der Waals surface area (Å²) in [7, 11) is 0. The van der Waals surface area contributed by atoms with E-state index >= 15 is 0 Å². The molecule has 0 spiro atoms. The summed E-state index contributed by atoms with van der Waals surface area (Å²) in [5.41, 5.74) is 6.23. The molecule has 8 heteroatoms. The van der Waals surface area contributed by atoms with E-state index in [2.05, 4.69) is 25.4 Å². The zero-order valence-electron chi connectivity index (χ0n) is 10.7. The van der Waals surface area contributed by atoms with Crippen molar-refractivity contribution in [3.63, 3.8) is 0 Å². The molecular formula is C11H17N7O. The van der Waals surface area contributed by atoms with Crippen LogP contribution in [0.15, 0.2) is 10.7 Å². The van der Waals surface area contributed by atoms with Crippen LogP contribution in [-0.4, -0.2) is 38.2 Å². The molecule has 2 aromatic rings. The van der Waals surface area contributed by atoms with Crippen LogP contribution in [0.5, 0.6) is 0 Å². The topological polar surface area (TPSA) is 98.9 Å². The molecule has 1 aliphatic rings. The van der Waals surface area contributed by atoms with Crippen molar-refractivity contribution in [2.75, 3.05) is 18.0 Å². The second-order valence-corrected chi connectivity index (χ2v) is 4.65. The Bertz CT molecular complexity index is 529. The summed E-state index contributed by atoms with van der Waals surface area (Å²) >= 11 is 0. The monoisotopic (exact) mass is 263 g/mol. The van der Waals surface area contributed by atoms with Crippen molar-refractivity contribution < 1.29 is 4.52 Å². The number of nitrogens with zero attached hydrogens (tertiary/aromatic N) is 6. The van der Waals surface area contributed by atoms with Crippen molar-refractivity contribution in [2.45, 2.75) is 32.4 Å². The Kier molecular flexibility index (Phi) is 3.41. The molecule has 8 nitrogen and oxygen atoms in total. The van der Waals surface area contributed by atoms with Gasteiger partial charge in [0.25, 0.3) is 5.95 Å². The maximum Gasteiger partial charge on any atom is 0.266 e. The van der Waals surface area contributed by atoms with E-state index in [9.17, 15) is 0 Å². The van der Waals surface area contributed by atoms with E-state index in [1.54, 1.807) is 10.9 Å². The Hall–Kier alpha value is -1.96. The molecule has 2 aromatic heterocycles. The van der Waals surface area contributed by atoms with Crippen molar-refractivity contribution in [2.24, 2.45) is 5.73 Å². The predicted octanol–water partition coefficient (Wildman–Crippen LogP) is 0.158. The molecule has 0 aromatic carbocycles. The van der Waals surface area contributed by atoms with Crippen molar-refractivity contribution >= 4 is 5.95 Å². The summed E-state index contributed by atoms with van der Waals surface area (Å²) in [5.74, 6) is 1.21. The number of anilines is 1. The molecule has 3 heterocycles. The molecule has 0 amide bonds. The summed E-state index contributed by atoms with van der Waals surface area (Å²) in [6.45, 7) is 2.80. The lowest BCUT2D eigenvalue weighted by molar-refractivity contribution is 0.362. The van der Waals surface area contributed by atoms with E-state index in [1.165, 1.54) is 19.3 Å².